The van der Waals surface area contributed by atoms with E-state index in [-0.39, 0.29) is 24.6 Å². The number of aliphatic hydroxyl groups excluding tert-OH is 1. The fraction of sp³-hybridized carbons (Fsp3) is 0.600. The monoisotopic (exact) mass is 275 g/mol. The van der Waals surface area contributed by atoms with Gasteiger partial charge in [0.1, 0.15) is 0 Å². The lowest BCUT2D eigenvalue weighted by molar-refractivity contribution is -0.129. The van der Waals surface area contributed by atoms with E-state index in [4.69, 9.17) is 5.11 Å². The van der Waals surface area contributed by atoms with Gasteiger partial charge in [-0.2, -0.15) is 0 Å². The molecule has 20 heavy (non-hydrogen) atoms. The molecule has 3 heterocycles. The molecule has 1 aromatic heterocycles. The van der Waals surface area contributed by atoms with Gasteiger partial charge in [-0.25, -0.2) is 0 Å². The number of hydrogen-bond acceptors (Lipinski definition) is 4. The number of likely N-dealkylation sites (tertiary alicyclic amines) is 2. The molecule has 5 heteroatoms. The summed E-state index contributed by atoms with van der Waals surface area (Å²) < 4.78 is 0. The standard InChI is InChI=1S/C15H21N3O2/c1-11-3-2-4-12(16-11)10-17-6-5-13-14(17)9-15(20)18(13)7-8-19/h2-4,13-14,19H,5-10H2,1H3/t13-,14-/m0/s1. The number of fused-ring (bicyclic) bond motifs is 1. The van der Waals surface area contributed by atoms with Crippen LogP contribution < -0.4 is 0 Å². The zero-order valence-corrected chi connectivity index (χ0v) is 11.8. The number of aryl methyl sites for hydroxylation is 1. The average Bonchev–Trinajstić information content (AvgIpc) is 2.92. The molecular formula is C15H21N3O2. The normalized spacial score (nSPS) is 26.3. The molecule has 3 rings (SSSR count). The van der Waals surface area contributed by atoms with E-state index >= 15 is 0 Å². The number of carbonyl (C=O) groups is 1. The zero-order chi connectivity index (χ0) is 14.1. The van der Waals surface area contributed by atoms with E-state index in [1.165, 1.54) is 0 Å². The van der Waals surface area contributed by atoms with Gasteiger partial charge in [-0.15, -0.1) is 0 Å². The summed E-state index contributed by atoms with van der Waals surface area (Å²) in [5.74, 6) is 0.177. The Balaban J connectivity index is 1.70. The van der Waals surface area contributed by atoms with Gasteiger partial charge in [0.05, 0.1) is 12.3 Å². The summed E-state index contributed by atoms with van der Waals surface area (Å²) in [7, 11) is 0. The number of hydrogen-bond donors (Lipinski definition) is 1. The van der Waals surface area contributed by atoms with Crippen molar-refractivity contribution in [3.8, 4) is 0 Å². The van der Waals surface area contributed by atoms with Crippen LogP contribution in [0.3, 0.4) is 0 Å². The van der Waals surface area contributed by atoms with E-state index in [9.17, 15) is 4.79 Å². The largest absolute Gasteiger partial charge is 0.395 e. The van der Waals surface area contributed by atoms with Gasteiger partial charge in [-0.3, -0.25) is 14.7 Å². The molecule has 0 saturated carbocycles. The van der Waals surface area contributed by atoms with Gasteiger partial charge in [0.25, 0.3) is 0 Å². The summed E-state index contributed by atoms with van der Waals surface area (Å²) in [5, 5.41) is 9.08. The van der Waals surface area contributed by atoms with E-state index in [0.717, 1.165) is 30.9 Å². The predicted molar refractivity (Wildman–Crippen MR) is 75.0 cm³/mol. The SMILES string of the molecule is Cc1cccc(CN2CC[C@H]3[C@@H]2CC(=O)N3CCO)n1. The van der Waals surface area contributed by atoms with Gasteiger partial charge in [0, 0.05) is 43.8 Å². The number of aromatic nitrogens is 1. The highest BCUT2D eigenvalue weighted by molar-refractivity contribution is 5.80. The number of pyridine rings is 1. The van der Waals surface area contributed by atoms with Crippen LogP contribution in [0.1, 0.15) is 24.2 Å². The van der Waals surface area contributed by atoms with Crippen molar-refractivity contribution in [2.45, 2.75) is 38.4 Å². The van der Waals surface area contributed by atoms with Crippen LogP contribution in [-0.2, 0) is 11.3 Å². The van der Waals surface area contributed by atoms with Gasteiger partial charge in [-0.1, -0.05) is 6.07 Å². The summed E-state index contributed by atoms with van der Waals surface area (Å²) in [5.41, 5.74) is 2.10. The molecule has 0 unspecified atom stereocenters. The van der Waals surface area contributed by atoms with Crippen molar-refractivity contribution < 1.29 is 9.90 Å². The molecule has 0 aliphatic carbocycles. The van der Waals surface area contributed by atoms with Crippen molar-refractivity contribution in [3.05, 3.63) is 29.6 Å². The molecule has 0 aromatic carbocycles. The minimum atomic E-state index is 0.0500. The Kier molecular flexibility index (Phi) is 3.72. The molecule has 1 aromatic rings. The van der Waals surface area contributed by atoms with Crippen LogP contribution in [0.25, 0.3) is 0 Å². The summed E-state index contributed by atoms with van der Waals surface area (Å²) in [6.45, 7) is 4.33. The second-order valence-electron chi connectivity index (χ2n) is 5.68. The van der Waals surface area contributed by atoms with Gasteiger partial charge >= 0.3 is 0 Å². The maximum absolute atomic E-state index is 12.0. The zero-order valence-electron chi connectivity index (χ0n) is 11.8. The molecule has 0 bridgehead atoms. The van der Waals surface area contributed by atoms with Crippen molar-refractivity contribution in [3.63, 3.8) is 0 Å². The molecule has 108 valence electrons. The second kappa shape index (κ2) is 5.50. The quantitative estimate of drug-likeness (QED) is 0.872. The van der Waals surface area contributed by atoms with Crippen LogP contribution in [0.5, 0.6) is 0 Å². The molecule has 0 spiro atoms. The Bertz CT molecular complexity index is 506. The number of aliphatic hydroxyl groups is 1. The molecule has 1 amide bonds. The highest BCUT2D eigenvalue weighted by Crippen LogP contribution is 2.32. The summed E-state index contributed by atoms with van der Waals surface area (Å²) >= 11 is 0. The number of carbonyl (C=O) groups excluding carboxylic acids is 1. The molecule has 2 aliphatic heterocycles. The second-order valence-corrected chi connectivity index (χ2v) is 5.68. The first-order valence-corrected chi connectivity index (χ1v) is 7.26. The number of rotatable bonds is 4. The molecular weight excluding hydrogens is 254 g/mol. The van der Waals surface area contributed by atoms with Crippen LogP contribution in [-0.4, -0.2) is 57.6 Å². The highest BCUT2D eigenvalue weighted by Gasteiger charge is 2.46. The average molecular weight is 275 g/mol. The Labute approximate surface area is 119 Å². The predicted octanol–water partition coefficient (Wildman–Crippen LogP) is 0.558. The van der Waals surface area contributed by atoms with Crippen LogP contribution in [0.2, 0.25) is 0 Å². The first kappa shape index (κ1) is 13.5. The summed E-state index contributed by atoms with van der Waals surface area (Å²) in [6, 6.07) is 6.64. The van der Waals surface area contributed by atoms with Crippen molar-refractivity contribution in [1.29, 1.82) is 0 Å². The van der Waals surface area contributed by atoms with E-state index in [1.54, 1.807) is 0 Å². The lowest BCUT2D eigenvalue weighted by Crippen LogP contribution is -2.38. The van der Waals surface area contributed by atoms with E-state index < -0.39 is 0 Å². The smallest absolute Gasteiger partial charge is 0.224 e. The lowest BCUT2D eigenvalue weighted by atomic mass is 10.1. The third kappa shape index (κ3) is 2.43. The van der Waals surface area contributed by atoms with Crippen LogP contribution in [0.4, 0.5) is 0 Å². The summed E-state index contributed by atoms with van der Waals surface area (Å²) in [4.78, 5) is 20.8. The van der Waals surface area contributed by atoms with Crippen LogP contribution >= 0.6 is 0 Å². The number of β-amino-alcohol motifs (C(OH)–C–C–N with tert-alkyl or cyclic N) is 1. The molecule has 2 aliphatic rings. The molecule has 2 saturated heterocycles. The van der Waals surface area contributed by atoms with Gasteiger partial charge in [-0.05, 0) is 25.5 Å². The number of nitrogens with zero attached hydrogens (tertiary/aromatic N) is 3. The Morgan fingerprint density at radius 2 is 2.25 bits per heavy atom. The van der Waals surface area contributed by atoms with Crippen molar-refractivity contribution in [2.75, 3.05) is 19.7 Å². The molecule has 1 N–H and O–H groups in total. The van der Waals surface area contributed by atoms with Crippen molar-refractivity contribution >= 4 is 5.91 Å². The maximum atomic E-state index is 12.0. The number of amides is 1. The Hall–Kier alpha value is -1.46. The lowest BCUT2D eigenvalue weighted by Gasteiger charge is -2.24. The third-order valence-corrected chi connectivity index (χ3v) is 4.38. The van der Waals surface area contributed by atoms with E-state index in [2.05, 4.69) is 9.88 Å². The van der Waals surface area contributed by atoms with E-state index in [1.807, 2.05) is 30.0 Å². The van der Waals surface area contributed by atoms with E-state index in [0.29, 0.717) is 13.0 Å². The fourth-order valence-corrected chi connectivity index (χ4v) is 3.50. The van der Waals surface area contributed by atoms with Crippen LogP contribution in [0, 0.1) is 6.92 Å². The molecule has 0 radical (unpaired) electrons. The van der Waals surface area contributed by atoms with Gasteiger partial charge < -0.3 is 10.0 Å². The summed E-state index contributed by atoms with van der Waals surface area (Å²) in [6.07, 6.45) is 1.58. The van der Waals surface area contributed by atoms with Gasteiger partial charge in [0.15, 0.2) is 0 Å². The molecule has 2 atom stereocenters. The minimum Gasteiger partial charge on any atom is -0.395 e. The fourth-order valence-electron chi connectivity index (χ4n) is 3.50. The van der Waals surface area contributed by atoms with Gasteiger partial charge in [0.2, 0.25) is 5.91 Å². The topological polar surface area (TPSA) is 56.7 Å². The third-order valence-electron chi connectivity index (χ3n) is 4.38. The minimum absolute atomic E-state index is 0.0500. The Morgan fingerprint density at radius 3 is 3.00 bits per heavy atom. The molecule has 2 fully saturated rings. The Morgan fingerprint density at radius 1 is 1.40 bits per heavy atom. The maximum Gasteiger partial charge on any atom is 0.224 e. The highest BCUT2D eigenvalue weighted by atomic mass is 16.3. The first-order chi connectivity index (χ1) is 9.69. The molecule has 5 nitrogen and oxygen atoms in total. The first-order valence-electron chi connectivity index (χ1n) is 7.26. The van der Waals surface area contributed by atoms with Crippen molar-refractivity contribution in [2.24, 2.45) is 0 Å². The van der Waals surface area contributed by atoms with Crippen molar-refractivity contribution in [1.82, 2.24) is 14.8 Å². The van der Waals surface area contributed by atoms with Crippen LogP contribution in [0.15, 0.2) is 18.2 Å².